The molecule has 0 amide bonds. The first-order valence-electron chi connectivity index (χ1n) is 6.96. The van der Waals surface area contributed by atoms with Crippen molar-refractivity contribution in [2.24, 2.45) is 17.3 Å². The third-order valence-corrected chi connectivity index (χ3v) is 6.54. The summed E-state index contributed by atoms with van der Waals surface area (Å²) in [5, 5.41) is 9.08. The van der Waals surface area contributed by atoms with Crippen LogP contribution in [0, 0.1) is 17.3 Å². The Hall–Kier alpha value is -1.15. The fourth-order valence-electron chi connectivity index (χ4n) is 2.88. The zero-order valence-corrected chi connectivity index (χ0v) is 13.1. The van der Waals surface area contributed by atoms with Gasteiger partial charge in [-0.1, -0.05) is 6.92 Å². The van der Waals surface area contributed by atoms with E-state index in [4.69, 9.17) is 5.11 Å². The molecule has 2 fully saturated rings. The van der Waals surface area contributed by atoms with E-state index in [0.29, 0.717) is 12.8 Å². The van der Waals surface area contributed by atoms with Crippen LogP contribution >= 0.6 is 0 Å². The quantitative estimate of drug-likeness (QED) is 0.707. The van der Waals surface area contributed by atoms with Gasteiger partial charge in [-0.2, -0.15) is 0 Å². The van der Waals surface area contributed by atoms with E-state index >= 15 is 0 Å². The fourth-order valence-corrected chi connectivity index (χ4v) is 5.07. The van der Waals surface area contributed by atoms with Crippen molar-refractivity contribution < 1.29 is 27.9 Å². The average Bonchev–Trinajstić information content (AvgIpc) is 2.97. The Labute approximate surface area is 124 Å². The summed E-state index contributed by atoms with van der Waals surface area (Å²) in [5.74, 6) is -2.32. The Bertz CT molecular complexity index is 539. The molecule has 2 aliphatic rings. The third-order valence-electron chi connectivity index (χ3n) is 4.48. The van der Waals surface area contributed by atoms with Crippen molar-refractivity contribution in [1.82, 2.24) is 4.31 Å². The highest BCUT2D eigenvalue weighted by atomic mass is 32.2. The monoisotopic (exact) mass is 319 g/mol. The lowest BCUT2D eigenvalue weighted by molar-refractivity contribution is -0.143. The Morgan fingerprint density at radius 1 is 1.33 bits per heavy atom. The van der Waals surface area contributed by atoms with E-state index in [1.54, 1.807) is 6.92 Å². The Kier molecular flexibility index (Phi) is 4.30. The highest BCUT2D eigenvalue weighted by molar-refractivity contribution is 7.89. The smallest absolute Gasteiger partial charge is 0.308 e. The highest BCUT2D eigenvalue weighted by Crippen LogP contribution is 2.50. The zero-order valence-electron chi connectivity index (χ0n) is 12.2. The molecule has 0 aromatic rings. The minimum absolute atomic E-state index is 0.0210. The van der Waals surface area contributed by atoms with E-state index in [0.717, 1.165) is 0 Å². The molecule has 1 aliphatic carbocycles. The lowest BCUT2D eigenvalue weighted by Crippen LogP contribution is -2.35. The molecular formula is C13H21NO6S. The number of carbonyl (C=O) groups excluding carboxylic acids is 1. The minimum Gasteiger partial charge on any atom is -0.481 e. The summed E-state index contributed by atoms with van der Waals surface area (Å²) in [6.07, 6.45) is 1.48. The van der Waals surface area contributed by atoms with E-state index in [1.807, 2.05) is 0 Å². The van der Waals surface area contributed by atoms with Crippen molar-refractivity contribution in [3.63, 3.8) is 0 Å². The molecule has 0 unspecified atom stereocenters. The summed E-state index contributed by atoms with van der Waals surface area (Å²) in [7, 11) is -2.26. The van der Waals surface area contributed by atoms with Gasteiger partial charge in [0.05, 0.1) is 25.2 Å². The molecule has 0 bridgehead atoms. The number of hydrogen-bond acceptors (Lipinski definition) is 5. The van der Waals surface area contributed by atoms with Gasteiger partial charge < -0.3 is 9.84 Å². The van der Waals surface area contributed by atoms with Gasteiger partial charge in [0.25, 0.3) is 0 Å². The van der Waals surface area contributed by atoms with Gasteiger partial charge in [0.15, 0.2) is 0 Å². The number of carboxylic acid groups (broad SMARTS) is 1. The van der Waals surface area contributed by atoms with Gasteiger partial charge in [-0.3, -0.25) is 9.59 Å². The molecule has 0 spiro atoms. The van der Waals surface area contributed by atoms with Gasteiger partial charge in [0.2, 0.25) is 10.0 Å². The molecule has 2 atom stereocenters. The van der Waals surface area contributed by atoms with Crippen LogP contribution in [0.1, 0.15) is 26.2 Å². The van der Waals surface area contributed by atoms with Gasteiger partial charge in [-0.25, -0.2) is 12.7 Å². The number of carboxylic acids is 1. The van der Waals surface area contributed by atoms with Crippen LogP contribution in [-0.4, -0.2) is 55.7 Å². The van der Waals surface area contributed by atoms with E-state index in [-0.39, 0.29) is 31.2 Å². The Balaban J connectivity index is 2.03. The van der Waals surface area contributed by atoms with Gasteiger partial charge in [0, 0.05) is 13.1 Å². The molecule has 7 nitrogen and oxygen atoms in total. The predicted octanol–water partition coefficient (Wildman–Crippen LogP) is 0.312. The summed E-state index contributed by atoms with van der Waals surface area (Å²) in [5.41, 5.74) is -0.517. The molecular weight excluding hydrogens is 298 g/mol. The summed E-state index contributed by atoms with van der Waals surface area (Å²) in [6, 6.07) is 0. The number of rotatable bonds is 6. The molecule has 0 radical (unpaired) electrons. The molecule has 2 rings (SSSR count). The van der Waals surface area contributed by atoms with E-state index < -0.39 is 33.3 Å². The second-order valence-corrected chi connectivity index (χ2v) is 8.22. The molecule has 0 aromatic heterocycles. The van der Waals surface area contributed by atoms with E-state index in [1.165, 1.54) is 11.4 Å². The highest BCUT2D eigenvalue weighted by Gasteiger charge is 2.50. The van der Waals surface area contributed by atoms with Gasteiger partial charge in [0.1, 0.15) is 0 Å². The summed E-state index contributed by atoms with van der Waals surface area (Å²) >= 11 is 0. The third kappa shape index (κ3) is 3.55. The van der Waals surface area contributed by atoms with Crippen LogP contribution in [0.25, 0.3) is 0 Å². The van der Waals surface area contributed by atoms with Crippen LogP contribution in [0.4, 0.5) is 0 Å². The van der Waals surface area contributed by atoms with Crippen LogP contribution < -0.4 is 0 Å². The van der Waals surface area contributed by atoms with E-state index in [2.05, 4.69) is 4.74 Å². The normalized spacial score (nSPS) is 28.3. The van der Waals surface area contributed by atoms with Crippen LogP contribution in [0.15, 0.2) is 0 Å². The number of carbonyl (C=O) groups is 2. The molecule has 1 saturated heterocycles. The molecule has 1 N–H and O–H groups in total. The van der Waals surface area contributed by atoms with Crippen LogP contribution in [0.3, 0.4) is 0 Å². The largest absolute Gasteiger partial charge is 0.481 e. The number of nitrogens with zero attached hydrogens (tertiary/aromatic N) is 1. The van der Waals surface area contributed by atoms with Gasteiger partial charge in [-0.05, 0) is 24.2 Å². The summed E-state index contributed by atoms with van der Waals surface area (Å²) < 4.78 is 30.8. The number of sulfonamides is 1. The second-order valence-electron chi connectivity index (χ2n) is 6.25. The van der Waals surface area contributed by atoms with Crippen molar-refractivity contribution in [2.75, 3.05) is 26.0 Å². The van der Waals surface area contributed by atoms with E-state index in [9.17, 15) is 18.0 Å². The molecule has 8 heteroatoms. The minimum atomic E-state index is -3.55. The molecule has 0 aromatic carbocycles. The number of aliphatic carboxylic acids is 1. The maximum absolute atomic E-state index is 12.5. The maximum Gasteiger partial charge on any atom is 0.308 e. The molecule has 1 saturated carbocycles. The number of methoxy groups -OCH3 is 1. The first-order chi connectivity index (χ1) is 9.69. The summed E-state index contributed by atoms with van der Waals surface area (Å²) in [6.45, 7) is 2.00. The number of hydrogen-bond donors (Lipinski definition) is 1. The van der Waals surface area contributed by atoms with Crippen LogP contribution in [0.2, 0.25) is 0 Å². The average molecular weight is 319 g/mol. The lowest BCUT2D eigenvalue weighted by Gasteiger charge is -2.20. The molecule has 1 heterocycles. The van der Waals surface area contributed by atoms with Gasteiger partial charge in [-0.15, -0.1) is 0 Å². The van der Waals surface area contributed by atoms with Crippen molar-refractivity contribution in [1.29, 1.82) is 0 Å². The predicted molar refractivity (Wildman–Crippen MR) is 73.9 cm³/mol. The molecule has 21 heavy (non-hydrogen) atoms. The van der Waals surface area contributed by atoms with Crippen LogP contribution in [0.5, 0.6) is 0 Å². The van der Waals surface area contributed by atoms with Crippen LogP contribution in [-0.2, 0) is 24.3 Å². The van der Waals surface area contributed by atoms with Gasteiger partial charge >= 0.3 is 11.9 Å². The van der Waals surface area contributed by atoms with Crippen molar-refractivity contribution in [3.05, 3.63) is 0 Å². The summed E-state index contributed by atoms with van der Waals surface area (Å²) in [4.78, 5) is 22.4. The molecule has 120 valence electrons. The van der Waals surface area contributed by atoms with Crippen molar-refractivity contribution >= 4 is 22.0 Å². The number of esters is 1. The fraction of sp³-hybridized carbons (Fsp3) is 0.846. The molecule has 1 aliphatic heterocycles. The number of ether oxygens (including phenoxy) is 1. The first kappa shape index (κ1) is 16.2. The Morgan fingerprint density at radius 3 is 2.38 bits per heavy atom. The Morgan fingerprint density at radius 2 is 1.95 bits per heavy atom. The maximum atomic E-state index is 12.5. The zero-order chi connectivity index (χ0) is 15.8. The lowest BCUT2D eigenvalue weighted by atomic mass is 9.99. The standard InChI is InChI=1S/C13H21NO6S/c1-9-6-14(7-10(9)12(16)17)21(18,19)8-13(3-4-13)5-11(15)20-2/h9-10H,3-8H2,1-2H3,(H,16,17)/t9-,10-/m1/s1. The van der Waals surface area contributed by atoms with Crippen molar-refractivity contribution in [3.8, 4) is 0 Å². The second kappa shape index (κ2) is 5.57. The topological polar surface area (TPSA) is 101 Å². The first-order valence-corrected chi connectivity index (χ1v) is 8.57. The SMILES string of the molecule is COC(=O)CC1(CS(=O)(=O)N2C[C@@H](C)[C@H](C(=O)O)C2)CC1. The van der Waals surface area contributed by atoms with Crippen molar-refractivity contribution in [2.45, 2.75) is 26.2 Å².